The van der Waals surface area contributed by atoms with E-state index < -0.39 is 0 Å². The number of H-pyrrole nitrogens is 1. The first-order chi connectivity index (χ1) is 12.1. The number of piperidine rings is 1. The Labute approximate surface area is 144 Å². The third-order valence-electron chi connectivity index (χ3n) is 4.28. The molecular weight excluding hydrogens is 322 g/mol. The summed E-state index contributed by atoms with van der Waals surface area (Å²) in [5.41, 5.74) is 0.600. The molecule has 2 amide bonds. The molecule has 1 fully saturated rings. The maximum absolute atomic E-state index is 12.7. The summed E-state index contributed by atoms with van der Waals surface area (Å²) >= 11 is 0. The number of aromatic amines is 1. The molecule has 0 radical (unpaired) electrons. The summed E-state index contributed by atoms with van der Waals surface area (Å²) in [4.78, 5) is 30.0. The van der Waals surface area contributed by atoms with E-state index in [2.05, 4.69) is 27.1 Å². The van der Waals surface area contributed by atoms with Crippen LogP contribution in [0.2, 0.25) is 0 Å². The fourth-order valence-corrected chi connectivity index (χ4v) is 2.92. The third kappa shape index (κ3) is 3.68. The molecule has 1 aromatic heterocycles. The second-order valence-electron chi connectivity index (χ2n) is 5.86. The highest BCUT2D eigenvalue weighted by Gasteiger charge is 2.27. The maximum Gasteiger partial charge on any atom is 0.257 e. The average Bonchev–Trinajstić information content (AvgIpc) is 3.17. The number of phenols is 1. The van der Waals surface area contributed by atoms with Gasteiger partial charge in [-0.1, -0.05) is 6.58 Å². The minimum absolute atomic E-state index is 0.112. The first-order valence-electron chi connectivity index (χ1n) is 7.99. The highest BCUT2D eigenvalue weighted by atomic mass is 16.3. The lowest BCUT2D eigenvalue weighted by molar-refractivity contribution is -0.111. The van der Waals surface area contributed by atoms with Crippen molar-refractivity contribution < 1.29 is 14.7 Å². The second kappa shape index (κ2) is 7.16. The van der Waals surface area contributed by atoms with Crippen LogP contribution in [-0.4, -0.2) is 50.1 Å². The number of nitrogens with zero attached hydrogens (tertiary/aromatic N) is 3. The molecule has 3 rings (SSSR count). The van der Waals surface area contributed by atoms with Crippen LogP contribution in [-0.2, 0) is 4.79 Å². The number of nitrogens with one attached hydrogen (secondary N) is 2. The minimum Gasteiger partial charge on any atom is -0.507 e. The molecule has 2 aromatic rings. The van der Waals surface area contributed by atoms with Crippen molar-refractivity contribution in [3.8, 4) is 5.75 Å². The molecule has 1 aliphatic rings. The molecule has 0 spiro atoms. The third-order valence-corrected chi connectivity index (χ3v) is 4.28. The van der Waals surface area contributed by atoms with E-state index in [1.54, 1.807) is 4.90 Å². The van der Waals surface area contributed by atoms with Crippen molar-refractivity contribution in [2.75, 3.05) is 18.4 Å². The summed E-state index contributed by atoms with van der Waals surface area (Å²) in [5.74, 6) is 0.335. The number of hydrogen-bond acceptors (Lipinski definition) is 5. The number of anilines is 1. The van der Waals surface area contributed by atoms with E-state index in [9.17, 15) is 14.7 Å². The topological polar surface area (TPSA) is 111 Å². The number of aromatic hydroxyl groups is 1. The van der Waals surface area contributed by atoms with Gasteiger partial charge >= 0.3 is 0 Å². The van der Waals surface area contributed by atoms with Crippen molar-refractivity contribution in [1.82, 2.24) is 20.1 Å². The van der Waals surface area contributed by atoms with Crippen LogP contribution in [0.1, 0.15) is 34.9 Å². The summed E-state index contributed by atoms with van der Waals surface area (Å²) in [6.45, 7) is 4.51. The molecule has 0 bridgehead atoms. The Bertz CT molecular complexity index is 780. The van der Waals surface area contributed by atoms with Gasteiger partial charge in [0.25, 0.3) is 5.91 Å². The Morgan fingerprint density at radius 1 is 1.36 bits per heavy atom. The molecule has 3 N–H and O–H groups in total. The van der Waals surface area contributed by atoms with Gasteiger partial charge in [0.2, 0.25) is 5.91 Å². The van der Waals surface area contributed by atoms with Gasteiger partial charge < -0.3 is 15.3 Å². The Morgan fingerprint density at radius 2 is 2.12 bits per heavy atom. The van der Waals surface area contributed by atoms with E-state index in [0.29, 0.717) is 18.8 Å². The maximum atomic E-state index is 12.7. The van der Waals surface area contributed by atoms with Gasteiger partial charge in [-0.3, -0.25) is 14.7 Å². The lowest BCUT2D eigenvalue weighted by Gasteiger charge is -2.31. The summed E-state index contributed by atoms with van der Waals surface area (Å²) in [6.07, 6.45) is 4.17. The SMILES string of the molecule is C=CC(=O)Nc1ccc(O)c(C(=O)N2CCC(c3ncn[nH]3)CC2)c1. The van der Waals surface area contributed by atoms with Gasteiger partial charge in [0.15, 0.2) is 0 Å². The van der Waals surface area contributed by atoms with E-state index >= 15 is 0 Å². The lowest BCUT2D eigenvalue weighted by Crippen LogP contribution is -2.38. The zero-order chi connectivity index (χ0) is 17.8. The van der Waals surface area contributed by atoms with Crippen molar-refractivity contribution >= 4 is 17.5 Å². The van der Waals surface area contributed by atoms with Crippen LogP contribution in [0, 0.1) is 0 Å². The van der Waals surface area contributed by atoms with E-state index in [4.69, 9.17) is 0 Å². The number of amides is 2. The standard InChI is InChI=1S/C17H19N5O3/c1-2-15(24)20-12-3-4-14(23)13(9-12)17(25)22-7-5-11(6-8-22)16-18-10-19-21-16/h2-4,9-11,23H,1,5-8H2,(H,20,24)(H,18,19,21). The Kier molecular flexibility index (Phi) is 4.78. The summed E-state index contributed by atoms with van der Waals surface area (Å²) in [5, 5.41) is 19.3. The molecule has 0 saturated carbocycles. The number of phenolic OH excluding ortho intramolecular Hbond substituents is 1. The molecule has 1 saturated heterocycles. The largest absolute Gasteiger partial charge is 0.507 e. The fourth-order valence-electron chi connectivity index (χ4n) is 2.92. The molecule has 0 atom stereocenters. The van der Waals surface area contributed by atoms with Gasteiger partial charge in [0, 0.05) is 24.7 Å². The average molecular weight is 341 g/mol. The van der Waals surface area contributed by atoms with Crippen LogP contribution >= 0.6 is 0 Å². The normalized spacial score (nSPS) is 15.0. The summed E-state index contributed by atoms with van der Waals surface area (Å²) < 4.78 is 0. The highest BCUT2D eigenvalue weighted by Crippen LogP contribution is 2.28. The van der Waals surface area contributed by atoms with Crippen molar-refractivity contribution in [3.63, 3.8) is 0 Å². The monoisotopic (exact) mass is 341 g/mol. The number of likely N-dealkylation sites (tertiary alicyclic amines) is 1. The lowest BCUT2D eigenvalue weighted by atomic mass is 9.95. The number of benzene rings is 1. The van der Waals surface area contributed by atoms with E-state index in [-0.39, 0.29) is 29.0 Å². The number of aromatic nitrogens is 3. The molecule has 1 aliphatic heterocycles. The predicted molar refractivity (Wildman–Crippen MR) is 91.2 cm³/mol. The molecule has 1 aromatic carbocycles. The minimum atomic E-state index is -0.378. The Balaban J connectivity index is 1.70. The van der Waals surface area contributed by atoms with Gasteiger partial charge in [-0.25, -0.2) is 4.98 Å². The molecular formula is C17H19N5O3. The summed E-state index contributed by atoms with van der Waals surface area (Å²) in [7, 11) is 0. The number of rotatable bonds is 4. The summed E-state index contributed by atoms with van der Waals surface area (Å²) in [6, 6.07) is 4.40. The van der Waals surface area contributed by atoms with Crippen molar-refractivity contribution in [1.29, 1.82) is 0 Å². The molecule has 130 valence electrons. The molecule has 8 heteroatoms. The van der Waals surface area contributed by atoms with Crippen LogP contribution in [0.3, 0.4) is 0 Å². The second-order valence-corrected chi connectivity index (χ2v) is 5.86. The number of hydrogen-bond donors (Lipinski definition) is 3. The Hall–Kier alpha value is -3.16. The molecule has 0 unspecified atom stereocenters. The van der Waals surface area contributed by atoms with E-state index in [1.165, 1.54) is 24.5 Å². The van der Waals surface area contributed by atoms with Gasteiger partial charge in [-0.2, -0.15) is 5.10 Å². The molecule has 0 aliphatic carbocycles. The zero-order valence-corrected chi connectivity index (χ0v) is 13.6. The highest BCUT2D eigenvalue weighted by molar-refractivity contribution is 6.02. The van der Waals surface area contributed by atoms with Crippen LogP contribution in [0.15, 0.2) is 37.2 Å². The van der Waals surface area contributed by atoms with Gasteiger partial charge in [-0.05, 0) is 37.1 Å². The van der Waals surface area contributed by atoms with E-state index in [0.717, 1.165) is 24.7 Å². The van der Waals surface area contributed by atoms with Crippen LogP contribution in [0.25, 0.3) is 0 Å². The van der Waals surface area contributed by atoms with Crippen molar-refractivity contribution in [3.05, 3.63) is 48.6 Å². The van der Waals surface area contributed by atoms with Crippen molar-refractivity contribution in [2.45, 2.75) is 18.8 Å². The van der Waals surface area contributed by atoms with Gasteiger partial charge in [0.05, 0.1) is 5.56 Å². The zero-order valence-electron chi connectivity index (χ0n) is 13.6. The predicted octanol–water partition coefficient (Wildman–Crippen LogP) is 1.65. The quantitative estimate of drug-likeness (QED) is 0.578. The first kappa shape index (κ1) is 16.7. The smallest absolute Gasteiger partial charge is 0.257 e. The Morgan fingerprint density at radius 3 is 2.76 bits per heavy atom. The van der Waals surface area contributed by atoms with Crippen LogP contribution in [0.5, 0.6) is 5.75 Å². The van der Waals surface area contributed by atoms with Crippen LogP contribution < -0.4 is 5.32 Å². The molecule has 25 heavy (non-hydrogen) atoms. The number of carbonyl (C=O) groups excluding carboxylic acids is 2. The van der Waals surface area contributed by atoms with Gasteiger partial charge in [0.1, 0.15) is 17.9 Å². The van der Waals surface area contributed by atoms with Crippen LogP contribution in [0.4, 0.5) is 5.69 Å². The first-order valence-corrected chi connectivity index (χ1v) is 7.99. The fraction of sp³-hybridized carbons (Fsp3) is 0.294. The molecule has 2 heterocycles. The van der Waals surface area contributed by atoms with Crippen molar-refractivity contribution in [2.24, 2.45) is 0 Å². The van der Waals surface area contributed by atoms with E-state index in [1.807, 2.05) is 0 Å². The molecule has 8 nitrogen and oxygen atoms in total. The van der Waals surface area contributed by atoms with Gasteiger partial charge in [-0.15, -0.1) is 0 Å². The number of carbonyl (C=O) groups is 2.